The van der Waals surface area contributed by atoms with Crippen molar-refractivity contribution in [2.45, 2.75) is 64.5 Å². The zero-order valence-electron chi connectivity index (χ0n) is 24.8. The van der Waals surface area contributed by atoms with Crippen LogP contribution in [0.25, 0.3) is 11.3 Å². The Balaban J connectivity index is 1.31. The molecule has 14 heteroatoms. The lowest BCUT2D eigenvalue weighted by molar-refractivity contribution is -0.305. The molecule has 3 aromatic rings. The molecule has 2 aromatic heterocycles. The van der Waals surface area contributed by atoms with Crippen LogP contribution in [0, 0.1) is 6.92 Å². The molecule has 1 aromatic carbocycles. The molecule has 5 rings (SSSR count). The lowest BCUT2D eigenvalue weighted by Gasteiger charge is -2.35. The molecule has 0 bridgehead atoms. The Hall–Kier alpha value is -3.33. The van der Waals surface area contributed by atoms with Gasteiger partial charge in [0.2, 0.25) is 0 Å². The van der Waals surface area contributed by atoms with Crippen LogP contribution in [0.15, 0.2) is 30.6 Å². The van der Waals surface area contributed by atoms with Gasteiger partial charge in [-0.25, -0.2) is 9.97 Å². The van der Waals surface area contributed by atoms with Gasteiger partial charge >= 0.3 is 6.18 Å². The lowest BCUT2D eigenvalue weighted by atomic mass is 10.0. The van der Waals surface area contributed by atoms with Crippen molar-refractivity contribution in [2.75, 3.05) is 49.5 Å². The maximum atomic E-state index is 13.7. The molecule has 44 heavy (non-hydrogen) atoms. The Bertz CT molecular complexity index is 1430. The van der Waals surface area contributed by atoms with E-state index >= 15 is 0 Å². The Morgan fingerprint density at radius 1 is 1.14 bits per heavy atom. The van der Waals surface area contributed by atoms with Gasteiger partial charge in [-0.2, -0.15) is 13.2 Å². The number of aliphatic carboxylic acids is 1. The van der Waals surface area contributed by atoms with Gasteiger partial charge in [0.05, 0.1) is 23.7 Å². The topological polar surface area (TPSA) is 121 Å². The van der Waals surface area contributed by atoms with Gasteiger partial charge in [-0.15, -0.1) is 11.3 Å². The number of carboxylic acid groups (broad SMARTS) is 1. The molecule has 2 N–H and O–H groups in total. The van der Waals surface area contributed by atoms with E-state index in [0.717, 1.165) is 42.8 Å². The molecular formula is C30H37F3N7O3S-. The molecule has 0 aliphatic carbocycles. The molecule has 0 radical (unpaired) electrons. The predicted molar refractivity (Wildman–Crippen MR) is 160 cm³/mol. The van der Waals surface area contributed by atoms with Crippen molar-refractivity contribution in [3.63, 3.8) is 0 Å². The van der Waals surface area contributed by atoms with Crippen LogP contribution in [0.3, 0.4) is 0 Å². The summed E-state index contributed by atoms with van der Waals surface area (Å²) >= 11 is 1.32. The second-order valence-corrected chi connectivity index (χ2v) is 12.6. The van der Waals surface area contributed by atoms with E-state index in [1.165, 1.54) is 17.5 Å². The standard InChI is InChI=1S/C30H38F3N7O3S/c1-19-13-21(15-22(14-19)30(31,32)33)27-24(18-40-7-4-3-5-20(40)2)44-29(36-27)37-28(43)23-16-35-25(17-34-23)39-11-9-38(10-12-39)8-6-26(41)42/h13-17,20,28,43H,3-12,18H2,1-2H3,(H,36,37)(H,41,42)/p-1/t20-,28?/m1/s1. The largest absolute Gasteiger partial charge is 0.550 e. The Morgan fingerprint density at radius 2 is 1.91 bits per heavy atom. The van der Waals surface area contributed by atoms with Crippen molar-refractivity contribution in [3.8, 4) is 11.3 Å². The van der Waals surface area contributed by atoms with Crippen LogP contribution in [0.4, 0.5) is 24.1 Å². The summed E-state index contributed by atoms with van der Waals surface area (Å²) in [5, 5.41) is 25.0. The highest BCUT2D eigenvalue weighted by Crippen LogP contribution is 2.38. The van der Waals surface area contributed by atoms with Crippen molar-refractivity contribution in [3.05, 3.63) is 52.3 Å². The fourth-order valence-corrected chi connectivity index (χ4v) is 6.71. The predicted octanol–water partition coefficient (Wildman–Crippen LogP) is 3.67. The van der Waals surface area contributed by atoms with Gasteiger partial charge in [0.25, 0.3) is 0 Å². The Labute approximate surface area is 258 Å². The first kappa shape index (κ1) is 32.1. The van der Waals surface area contributed by atoms with E-state index in [0.29, 0.717) is 73.1 Å². The summed E-state index contributed by atoms with van der Waals surface area (Å²) in [6.07, 6.45) is 0.632. The third-order valence-electron chi connectivity index (χ3n) is 8.19. The number of carboxylic acids is 1. The number of rotatable bonds is 10. The van der Waals surface area contributed by atoms with E-state index in [1.54, 1.807) is 19.2 Å². The highest BCUT2D eigenvalue weighted by molar-refractivity contribution is 7.16. The molecule has 2 aliphatic rings. The number of aliphatic hydroxyl groups excluding tert-OH is 1. The van der Waals surface area contributed by atoms with Crippen LogP contribution in [0.1, 0.15) is 60.5 Å². The van der Waals surface area contributed by atoms with Crippen LogP contribution in [-0.4, -0.2) is 81.1 Å². The number of carbonyl (C=O) groups excluding carboxylic acids is 1. The normalized spacial score (nSPS) is 19.2. The number of aliphatic hydroxyl groups is 1. The number of carbonyl (C=O) groups is 1. The number of nitrogens with zero attached hydrogens (tertiary/aromatic N) is 6. The quantitative estimate of drug-likeness (QED) is 0.321. The number of nitrogens with one attached hydrogen (secondary N) is 1. The lowest BCUT2D eigenvalue weighted by Crippen LogP contribution is -2.47. The van der Waals surface area contributed by atoms with E-state index in [4.69, 9.17) is 0 Å². The fraction of sp³-hybridized carbons (Fsp3) is 0.533. The maximum Gasteiger partial charge on any atom is 0.416 e. The van der Waals surface area contributed by atoms with E-state index in [-0.39, 0.29) is 12.1 Å². The zero-order chi connectivity index (χ0) is 31.4. The molecule has 2 saturated heterocycles. The second kappa shape index (κ2) is 13.8. The number of anilines is 2. The number of alkyl halides is 3. The Morgan fingerprint density at radius 3 is 2.57 bits per heavy atom. The summed E-state index contributed by atoms with van der Waals surface area (Å²) in [5.74, 6) is -0.413. The number of hydrogen-bond donors (Lipinski definition) is 2. The number of piperidine rings is 1. The number of benzene rings is 1. The fourth-order valence-electron chi connectivity index (χ4n) is 5.68. The number of aromatic nitrogens is 3. The first-order chi connectivity index (χ1) is 21.0. The number of halogens is 3. The van der Waals surface area contributed by atoms with Gasteiger partial charge in [-0.3, -0.25) is 14.8 Å². The summed E-state index contributed by atoms with van der Waals surface area (Å²) in [7, 11) is 0. The molecular weight excluding hydrogens is 595 g/mol. The zero-order valence-corrected chi connectivity index (χ0v) is 25.6. The minimum atomic E-state index is -4.48. The maximum absolute atomic E-state index is 13.7. The first-order valence-electron chi connectivity index (χ1n) is 14.8. The molecule has 1 unspecified atom stereocenters. The van der Waals surface area contributed by atoms with Gasteiger partial charge in [0.15, 0.2) is 11.4 Å². The molecule has 2 aliphatic heterocycles. The number of hydrogen-bond acceptors (Lipinski definition) is 11. The summed E-state index contributed by atoms with van der Waals surface area (Å²) in [6, 6.07) is 4.33. The van der Waals surface area contributed by atoms with Crippen LogP contribution in [0.2, 0.25) is 0 Å². The average molecular weight is 633 g/mol. The molecule has 10 nitrogen and oxygen atoms in total. The molecule has 2 atom stereocenters. The minimum absolute atomic E-state index is 0.00155. The molecule has 2 fully saturated rings. The van der Waals surface area contributed by atoms with Gasteiger partial charge in [-0.05, 0) is 63.4 Å². The van der Waals surface area contributed by atoms with Gasteiger partial charge in [0, 0.05) is 61.7 Å². The third kappa shape index (κ3) is 8.03. The van der Waals surface area contributed by atoms with Crippen molar-refractivity contribution >= 4 is 28.3 Å². The van der Waals surface area contributed by atoms with Gasteiger partial charge < -0.3 is 25.2 Å². The molecule has 4 heterocycles. The number of piperazine rings is 1. The van der Waals surface area contributed by atoms with E-state index in [9.17, 15) is 28.2 Å². The van der Waals surface area contributed by atoms with Crippen molar-refractivity contribution < 1.29 is 28.2 Å². The SMILES string of the molecule is Cc1cc(-c2nc(NC(O)c3cnc(N4CCN(CCC(=O)[O-])CC4)cn3)sc2CN2CCCC[C@H]2C)cc(C(F)(F)F)c1. The summed E-state index contributed by atoms with van der Waals surface area (Å²) < 4.78 is 41.0. The monoisotopic (exact) mass is 632 g/mol. The van der Waals surface area contributed by atoms with Crippen molar-refractivity contribution in [1.29, 1.82) is 0 Å². The van der Waals surface area contributed by atoms with Gasteiger partial charge in [0.1, 0.15) is 11.5 Å². The van der Waals surface area contributed by atoms with E-state index in [2.05, 4.69) is 37.0 Å². The smallest absolute Gasteiger partial charge is 0.416 e. The van der Waals surface area contributed by atoms with Crippen LogP contribution in [0.5, 0.6) is 0 Å². The number of aryl methyl sites for hydroxylation is 1. The minimum Gasteiger partial charge on any atom is -0.550 e. The van der Waals surface area contributed by atoms with Crippen molar-refractivity contribution in [2.24, 2.45) is 0 Å². The highest BCUT2D eigenvalue weighted by atomic mass is 32.1. The van der Waals surface area contributed by atoms with E-state index < -0.39 is 23.9 Å². The first-order valence-corrected chi connectivity index (χ1v) is 15.6. The summed E-state index contributed by atoms with van der Waals surface area (Å²) in [5.41, 5.74) is 0.904. The number of thiazole rings is 1. The van der Waals surface area contributed by atoms with Crippen molar-refractivity contribution in [1.82, 2.24) is 24.8 Å². The summed E-state index contributed by atoms with van der Waals surface area (Å²) in [4.78, 5) is 31.5. The Kier molecular flexibility index (Phi) is 10.0. The molecule has 0 spiro atoms. The molecule has 238 valence electrons. The number of likely N-dealkylation sites (tertiary alicyclic amines) is 1. The molecule has 0 saturated carbocycles. The second-order valence-electron chi connectivity index (χ2n) is 11.5. The van der Waals surface area contributed by atoms with E-state index in [1.807, 2.05) is 4.90 Å². The van der Waals surface area contributed by atoms with Crippen LogP contribution < -0.4 is 15.3 Å². The van der Waals surface area contributed by atoms with Gasteiger partial charge in [-0.1, -0.05) is 6.42 Å². The van der Waals surface area contributed by atoms with Crippen LogP contribution >= 0.6 is 11.3 Å². The van der Waals surface area contributed by atoms with Crippen LogP contribution in [-0.2, 0) is 17.5 Å². The summed E-state index contributed by atoms with van der Waals surface area (Å²) in [6.45, 7) is 8.42. The highest BCUT2D eigenvalue weighted by Gasteiger charge is 2.32. The average Bonchev–Trinajstić information content (AvgIpc) is 3.38. The molecule has 0 amide bonds. The third-order valence-corrected chi connectivity index (χ3v) is 9.16.